The lowest BCUT2D eigenvalue weighted by Crippen LogP contribution is -2.08. The van der Waals surface area contributed by atoms with Crippen LogP contribution >= 0.6 is 0 Å². The molecule has 4 N–H and O–H groups in total. The predicted molar refractivity (Wildman–Crippen MR) is 101 cm³/mol. The van der Waals surface area contributed by atoms with Crippen molar-refractivity contribution in [1.82, 2.24) is 34.8 Å². The Morgan fingerprint density at radius 3 is 2.64 bits per heavy atom. The minimum Gasteiger partial charge on any atom is -0.490 e. The summed E-state index contributed by atoms with van der Waals surface area (Å²) in [6, 6.07) is 1.74. The fourth-order valence-electron chi connectivity index (χ4n) is 2.91. The Kier molecular flexibility index (Phi) is 4.81. The van der Waals surface area contributed by atoms with Crippen LogP contribution in [0.2, 0.25) is 0 Å². The van der Waals surface area contributed by atoms with Gasteiger partial charge in [0, 0.05) is 18.9 Å². The number of anilines is 1. The highest BCUT2D eigenvalue weighted by atomic mass is 16.6. The van der Waals surface area contributed by atoms with Crippen LogP contribution in [0.5, 0.6) is 5.75 Å². The Labute approximate surface area is 159 Å². The van der Waals surface area contributed by atoms with Crippen molar-refractivity contribution < 1.29 is 9.37 Å². The highest BCUT2D eigenvalue weighted by Crippen LogP contribution is 2.35. The molecule has 11 heteroatoms. The van der Waals surface area contributed by atoms with E-state index in [0.717, 1.165) is 11.9 Å². The van der Waals surface area contributed by atoms with Crippen molar-refractivity contribution in [3.63, 3.8) is 0 Å². The number of imidazole rings is 1. The van der Waals surface area contributed by atoms with Crippen LogP contribution in [0.15, 0.2) is 29.3 Å². The smallest absolute Gasteiger partial charge is 0.199 e. The fourth-order valence-corrected chi connectivity index (χ4v) is 2.91. The molecule has 0 fully saturated rings. The zero-order valence-corrected chi connectivity index (χ0v) is 15.2. The van der Waals surface area contributed by atoms with Crippen LogP contribution in [0.4, 0.5) is 5.82 Å². The molecule has 4 heterocycles. The summed E-state index contributed by atoms with van der Waals surface area (Å²) in [6.45, 7) is 3.57. The van der Waals surface area contributed by atoms with E-state index in [1.165, 1.54) is 0 Å². The van der Waals surface area contributed by atoms with Gasteiger partial charge in [0.2, 0.25) is 0 Å². The largest absolute Gasteiger partial charge is 0.490 e. The lowest BCUT2D eigenvalue weighted by atomic mass is 10.2. The van der Waals surface area contributed by atoms with E-state index in [4.69, 9.17) is 25.8 Å². The Balaban J connectivity index is 1.97. The highest BCUT2D eigenvalue weighted by Gasteiger charge is 2.24. The lowest BCUT2D eigenvalue weighted by molar-refractivity contribution is 0.310. The predicted octanol–water partition coefficient (Wildman–Crippen LogP) is 1.27. The van der Waals surface area contributed by atoms with Crippen LogP contribution in [0, 0.1) is 0 Å². The van der Waals surface area contributed by atoms with Gasteiger partial charge in [0.05, 0.1) is 12.8 Å². The molecular weight excluding hydrogens is 362 g/mol. The number of pyridine rings is 1. The summed E-state index contributed by atoms with van der Waals surface area (Å²) in [5, 5.41) is 7.55. The summed E-state index contributed by atoms with van der Waals surface area (Å²) in [5.41, 5.74) is 13.7. The van der Waals surface area contributed by atoms with Crippen molar-refractivity contribution in [3.05, 3.63) is 24.7 Å². The molecular formula is C17H19N9O2. The Bertz CT molecular complexity index is 1090. The molecule has 144 valence electrons. The van der Waals surface area contributed by atoms with Gasteiger partial charge in [-0.05, 0) is 36.3 Å². The van der Waals surface area contributed by atoms with E-state index in [9.17, 15) is 0 Å². The van der Waals surface area contributed by atoms with E-state index >= 15 is 0 Å². The average molecular weight is 381 g/mol. The molecule has 0 aliphatic carbocycles. The Hall–Kier alpha value is -3.60. The third kappa shape index (κ3) is 3.01. The summed E-state index contributed by atoms with van der Waals surface area (Å²) in [7, 11) is 0. The molecule has 0 aliphatic heterocycles. The number of nitrogens with two attached hydrogens (primary N) is 2. The van der Waals surface area contributed by atoms with Gasteiger partial charge >= 0.3 is 0 Å². The molecule has 0 unspecified atom stereocenters. The van der Waals surface area contributed by atoms with Crippen molar-refractivity contribution in [1.29, 1.82) is 0 Å². The maximum atomic E-state index is 5.92. The molecule has 0 spiro atoms. The monoisotopic (exact) mass is 381 g/mol. The van der Waals surface area contributed by atoms with E-state index in [0.29, 0.717) is 54.0 Å². The molecule has 0 atom stereocenters. The van der Waals surface area contributed by atoms with Crippen molar-refractivity contribution in [3.8, 4) is 28.8 Å². The minimum atomic E-state index is 0.154. The van der Waals surface area contributed by atoms with Crippen molar-refractivity contribution >= 4 is 16.9 Å². The van der Waals surface area contributed by atoms with Gasteiger partial charge in [0.15, 0.2) is 28.9 Å². The summed E-state index contributed by atoms with van der Waals surface area (Å²) in [6.07, 6.45) is 5.67. The number of rotatable bonds is 7. The molecule has 4 rings (SSSR count). The van der Waals surface area contributed by atoms with E-state index in [-0.39, 0.29) is 5.82 Å². The number of nitrogen functional groups attached to an aromatic ring is 1. The molecule has 0 aliphatic rings. The zero-order valence-electron chi connectivity index (χ0n) is 15.2. The highest BCUT2D eigenvalue weighted by molar-refractivity contribution is 5.94. The zero-order chi connectivity index (χ0) is 19.5. The van der Waals surface area contributed by atoms with Crippen LogP contribution in [0.25, 0.3) is 34.1 Å². The van der Waals surface area contributed by atoms with Gasteiger partial charge in [-0.15, -0.1) is 0 Å². The minimum absolute atomic E-state index is 0.154. The number of hydrogen-bond acceptors (Lipinski definition) is 10. The second-order valence-corrected chi connectivity index (χ2v) is 5.91. The second-order valence-electron chi connectivity index (χ2n) is 5.91. The summed E-state index contributed by atoms with van der Waals surface area (Å²) < 4.78 is 12.6. The van der Waals surface area contributed by atoms with Gasteiger partial charge in [-0.1, -0.05) is 0 Å². The molecule has 28 heavy (non-hydrogen) atoms. The van der Waals surface area contributed by atoms with Gasteiger partial charge in [0.1, 0.15) is 16.7 Å². The van der Waals surface area contributed by atoms with Gasteiger partial charge < -0.3 is 20.8 Å². The van der Waals surface area contributed by atoms with Gasteiger partial charge in [-0.2, -0.15) is 0 Å². The maximum absolute atomic E-state index is 5.92. The first kappa shape index (κ1) is 17.8. The third-order valence-electron chi connectivity index (χ3n) is 4.16. The number of ether oxygens (including phenoxy) is 1. The molecule has 0 bridgehead atoms. The normalized spacial score (nSPS) is 11.2. The molecule has 4 aromatic rings. The quantitative estimate of drug-likeness (QED) is 0.447. The topological polar surface area (TPSA) is 157 Å². The number of aromatic nitrogens is 7. The molecule has 0 saturated heterocycles. The number of hydrogen-bond donors (Lipinski definition) is 2. The first-order chi connectivity index (χ1) is 13.7. The standard InChI is InChI=1S/C17H19N9O2/c1-2-26-14-10(27-8-3-5-18)9-22-12(16-20-6-4-7-21-16)11(14)23-17(26)13-15(19)25-28-24-13/h4,6-7,9H,2-3,5,8,18H2,1H3,(H2,19,25). The van der Waals surface area contributed by atoms with Gasteiger partial charge in [0.25, 0.3) is 0 Å². The average Bonchev–Trinajstić information content (AvgIpc) is 3.32. The molecule has 0 aromatic carbocycles. The van der Waals surface area contributed by atoms with Crippen LogP contribution < -0.4 is 16.2 Å². The van der Waals surface area contributed by atoms with Crippen LogP contribution in [-0.4, -0.2) is 48.0 Å². The van der Waals surface area contributed by atoms with E-state index < -0.39 is 0 Å². The van der Waals surface area contributed by atoms with Gasteiger partial charge in [-0.25, -0.2) is 24.6 Å². The summed E-state index contributed by atoms with van der Waals surface area (Å²) in [4.78, 5) is 17.8. The number of nitrogens with zero attached hydrogens (tertiary/aromatic N) is 7. The summed E-state index contributed by atoms with van der Waals surface area (Å²) >= 11 is 0. The van der Waals surface area contributed by atoms with Crippen LogP contribution in [0.1, 0.15) is 13.3 Å². The van der Waals surface area contributed by atoms with Crippen LogP contribution in [0.3, 0.4) is 0 Å². The molecule has 0 saturated carbocycles. The molecule has 4 aromatic heterocycles. The Morgan fingerprint density at radius 1 is 1.14 bits per heavy atom. The van der Waals surface area contributed by atoms with Crippen molar-refractivity contribution in [2.75, 3.05) is 18.9 Å². The number of aryl methyl sites for hydroxylation is 1. The van der Waals surface area contributed by atoms with Crippen molar-refractivity contribution in [2.45, 2.75) is 19.9 Å². The summed E-state index contributed by atoms with van der Waals surface area (Å²) in [5.74, 6) is 1.70. The van der Waals surface area contributed by atoms with E-state index in [1.54, 1.807) is 24.7 Å². The van der Waals surface area contributed by atoms with Crippen molar-refractivity contribution in [2.24, 2.45) is 5.73 Å². The van der Waals surface area contributed by atoms with E-state index in [1.807, 2.05) is 11.5 Å². The molecule has 0 amide bonds. The first-order valence-electron chi connectivity index (χ1n) is 8.82. The van der Waals surface area contributed by atoms with E-state index in [2.05, 4.69) is 25.3 Å². The molecule has 11 nitrogen and oxygen atoms in total. The first-order valence-corrected chi connectivity index (χ1v) is 8.82. The fraction of sp³-hybridized carbons (Fsp3) is 0.294. The molecule has 0 radical (unpaired) electrons. The third-order valence-corrected chi connectivity index (χ3v) is 4.16. The second kappa shape index (κ2) is 7.56. The maximum Gasteiger partial charge on any atom is 0.199 e. The van der Waals surface area contributed by atoms with Crippen LogP contribution in [-0.2, 0) is 6.54 Å². The lowest BCUT2D eigenvalue weighted by Gasteiger charge is -2.11. The van der Waals surface area contributed by atoms with Gasteiger partial charge in [-0.3, -0.25) is 0 Å². The number of fused-ring (bicyclic) bond motifs is 1. The SMILES string of the molecule is CCn1c(-c2nonc2N)nc2c(-c3ncccn3)ncc(OCCCN)c21. The Morgan fingerprint density at radius 2 is 1.96 bits per heavy atom.